The number of ether oxygens (including phenoxy) is 1. The highest BCUT2D eigenvalue weighted by molar-refractivity contribution is 6.05. The van der Waals surface area contributed by atoms with Crippen molar-refractivity contribution in [2.45, 2.75) is 84.2 Å². The van der Waals surface area contributed by atoms with Crippen molar-refractivity contribution in [1.29, 1.82) is 0 Å². The van der Waals surface area contributed by atoms with E-state index in [9.17, 15) is 14.4 Å². The van der Waals surface area contributed by atoms with E-state index in [1.54, 1.807) is 4.68 Å². The van der Waals surface area contributed by atoms with Crippen LogP contribution in [-0.2, 0) is 23.2 Å². The summed E-state index contributed by atoms with van der Waals surface area (Å²) in [5.74, 6) is -0.225. The fourth-order valence-corrected chi connectivity index (χ4v) is 10.7. The highest BCUT2D eigenvalue weighted by Gasteiger charge is 2.34. The summed E-state index contributed by atoms with van der Waals surface area (Å²) < 4.78 is 25.9. The van der Waals surface area contributed by atoms with Gasteiger partial charge in [0.05, 0.1) is 57.6 Å². The third kappa shape index (κ3) is 7.55. The molecule has 62 heavy (non-hydrogen) atoms. The van der Waals surface area contributed by atoms with Crippen LogP contribution in [0.2, 0.25) is 0 Å². The van der Waals surface area contributed by atoms with Crippen LogP contribution in [0, 0.1) is 38.4 Å². The zero-order valence-electron chi connectivity index (χ0n) is 35.9. The highest BCUT2D eigenvalue weighted by Crippen LogP contribution is 2.39. The van der Waals surface area contributed by atoms with Gasteiger partial charge in [-0.3, -0.25) is 39.9 Å². The Hall–Kier alpha value is -5.90. The molecule has 324 valence electrons. The number of aryl methyl sites for hydroxylation is 4. The number of hydrogen-bond donors (Lipinski definition) is 2. The van der Waals surface area contributed by atoms with Crippen molar-refractivity contribution in [2.75, 3.05) is 61.0 Å². The monoisotopic (exact) mass is 843 g/mol. The normalized spacial score (nSPS) is 22.7. The van der Waals surface area contributed by atoms with E-state index < -0.39 is 17.6 Å². The Bertz CT molecular complexity index is 2590. The molecule has 5 aliphatic rings. The number of piperazine rings is 1. The van der Waals surface area contributed by atoms with Crippen LogP contribution in [0.1, 0.15) is 84.0 Å². The SMILES string of the molecule is Cc1cc2cc(n1)-c1c(C)nn(C)c1OC[C@H]1CC[C@H](C1)Cn1c(nc3ccc(N4CCN(C5CCN(c6cc(F)c(C7CCC(=O)NC7=O)nc6C)CC5)CC4)cc31)NC2=O. The first kappa shape index (κ1) is 40.2. The zero-order chi connectivity index (χ0) is 42.8. The number of pyridine rings is 2. The molecule has 1 aromatic carbocycles. The number of aromatic nitrogens is 6. The average molecular weight is 844 g/mol. The Morgan fingerprint density at radius 1 is 0.806 bits per heavy atom. The number of piperidine rings is 2. The number of imide groups is 1. The first-order chi connectivity index (χ1) is 29.9. The molecule has 0 spiro atoms. The molecule has 4 bridgehead atoms. The molecule has 3 amide bonds. The summed E-state index contributed by atoms with van der Waals surface area (Å²) in [5.41, 5.74) is 8.14. The summed E-state index contributed by atoms with van der Waals surface area (Å²) in [6, 6.07) is 12.1. The lowest BCUT2D eigenvalue weighted by Gasteiger charge is -2.44. The van der Waals surface area contributed by atoms with Gasteiger partial charge in [-0.15, -0.1) is 0 Å². The van der Waals surface area contributed by atoms with E-state index in [1.807, 2.05) is 40.0 Å². The fraction of sp³-hybridized carbons (Fsp3) is 0.500. The van der Waals surface area contributed by atoms with Crippen molar-refractivity contribution in [3.8, 4) is 17.1 Å². The Morgan fingerprint density at radius 2 is 1.60 bits per heavy atom. The van der Waals surface area contributed by atoms with Gasteiger partial charge in [0.2, 0.25) is 23.6 Å². The molecule has 3 saturated heterocycles. The minimum absolute atomic E-state index is 0.123. The molecule has 1 saturated carbocycles. The van der Waals surface area contributed by atoms with Crippen LogP contribution in [0.3, 0.4) is 0 Å². The predicted molar refractivity (Wildman–Crippen MR) is 233 cm³/mol. The molecule has 1 aliphatic carbocycles. The molecule has 10 rings (SSSR count). The second-order valence-corrected chi connectivity index (χ2v) is 18.0. The Morgan fingerprint density at radius 3 is 2.39 bits per heavy atom. The third-order valence-corrected chi connectivity index (χ3v) is 13.9. The van der Waals surface area contributed by atoms with Crippen molar-refractivity contribution in [1.82, 2.24) is 39.5 Å². The van der Waals surface area contributed by atoms with Crippen LogP contribution in [0.25, 0.3) is 22.3 Å². The molecule has 4 fully saturated rings. The van der Waals surface area contributed by atoms with Gasteiger partial charge in [-0.05, 0) is 101 Å². The Labute approximate surface area is 360 Å². The van der Waals surface area contributed by atoms with Crippen molar-refractivity contribution < 1.29 is 23.5 Å². The van der Waals surface area contributed by atoms with E-state index in [-0.39, 0.29) is 30.3 Å². The summed E-state index contributed by atoms with van der Waals surface area (Å²) in [6.07, 6.45) is 5.55. The van der Waals surface area contributed by atoms with Crippen molar-refractivity contribution in [2.24, 2.45) is 18.9 Å². The number of hydrogen-bond acceptors (Lipinski definition) is 11. The molecule has 4 aromatic heterocycles. The molecule has 15 nitrogen and oxygen atoms in total. The second kappa shape index (κ2) is 16.1. The molecular weight excluding hydrogens is 790 g/mol. The molecule has 4 aliphatic heterocycles. The summed E-state index contributed by atoms with van der Waals surface area (Å²) in [7, 11) is 1.89. The predicted octanol–water partition coefficient (Wildman–Crippen LogP) is 5.66. The third-order valence-electron chi connectivity index (χ3n) is 13.9. The standard InChI is InChI=1S/C46H54FN11O4/c1-26-19-31-21-37(48-26)41-28(3)53-54(4)45(41)62-25-30-6-5-29(20-30)24-58-39-22-33(7-9-36(39)50-46(58)52-43(31)60)56-17-15-55(16-18-56)32-11-13-57(14-12-32)38-23-35(47)42(49-27(38)2)34-8-10-40(59)51-44(34)61/h7,9,19,21-23,29-30,32,34H,5-6,8,10-18,20,24-25H2,1-4H3,(H,50,52,60)(H,51,59,61)/t29-,30+,34?/m1/s1. The number of halogens is 1. The minimum Gasteiger partial charge on any atom is -0.477 e. The maximum atomic E-state index is 15.4. The maximum Gasteiger partial charge on any atom is 0.258 e. The van der Waals surface area contributed by atoms with E-state index in [0.29, 0.717) is 53.3 Å². The van der Waals surface area contributed by atoms with Gasteiger partial charge in [-0.25, -0.2) is 14.1 Å². The smallest absolute Gasteiger partial charge is 0.258 e. The van der Waals surface area contributed by atoms with E-state index in [1.165, 1.54) is 6.07 Å². The number of amides is 3. The molecule has 0 radical (unpaired) electrons. The second-order valence-electron chi connectivity index (χ2n) is 18.0. The highest BCUT2D eigenvalue weighted by atomic mass is 19.1. The van der Waals surface area contributed by atoms with E-state index in [2.05, 4.69) is 58.2 Å². The summed E-state index contributed by atoms with van der Waals surface area (Å²) >= 11 is 0. The van der Waals surface area contributed by atoms with Gasteiger partial charge in [0.25, 0.3) is 5.91 Å². The largest absolute Gasteiger partial charge is 0.477 e. The Kier molecular flexibility index (Phi) is 10.4. The van der Waals surface area contributed by atoms with Crippen molar-refractivity contribution in [3.05, 3.63) is 70.6 Å². The maximum absolute atomic E-state index is 15.4. The lowest BCUT2D eigenvalue weighted by Crippen LogP contribution is -2.53. The zero-order valence-corrected chi connectivity index (χ0v) is 35.9. The molecule has 3 atom stereocenters. The van der Waals surface area contributed by atoms with Crippen LogP contribution in [0.5, 0.6) is 5.88 Å². The minimum atomic E-state index is -0.748. The average Bonchev–Trinajstić information content (AvgIpc) is 3.94. The van der Waals surface area contributed by atoms with Crippen LogP contribution in [-0.4, -0.2) is 104 Å². The van der Waals surface area contributed by atoms with E-state index in [0.717, 1.165) is 117 Å². The Balaban J connectivity index is 0.831. The topological polar surface area (TPSA) is 156 Å². The van der Waals surface area contributed by atoms with Crippen molar-refractivity contribution >= 4 is 46.1 Å². The van der Waals surface area contributed by atoms with Gasteiger partial charge in [-0.2, -0.15) is 5.10 Å². The number of carbonyl (C=O) groups is 3. The first-order valence-electron chi connectivity index (χ1n) is 22.2. The number of anilines is 3. The molecule has 2 N–H and O–H groups in total. The van der Waals surface area contributed by atoms with Crippen molar-refractivity contribution in [3.63, 3.8) is 0 Å². The van der Waals surface area contributed by atoms with Gasteiger partial charge in [-0.1, -0.05) is 0 Å². The number of fused-ring (bicyclic) bond motifs is 9. The molecule has 16 heteroatoms. The van der Waals surface area contributed by atoms with Gasteiger partial charge in [0, 0.05) is 88.3 Å². The number of benzene rings is 1. The number of nitrogens with one attached hydrogen (secondary N) is 2. The van der Waals surface area contributed by atoms with Gasteiger partial charge in [0.15, 0.2) is 0 Å². The lowest BCUT2D eigenvalue weighted by molar-refractivity contribution is -0.134. The molecule has 1 unspecified atom stereocenters. The summed E-state index contributed by atoms with van der Waals surface area (Å²) in [6.45, 7) is 12.3. The van der Waals surface area contributed by atoms with Crippen LogP contribution < -0.4 is 25.2 Å². The fourth-order valence-electron chi connectivity index (χ4n) is 10.7. The lowest BCUT2D eigenvalue weighted by atomic mass is 9.93. The van der Waals surface area contributed by atoms with Crippen LogP contribution in [0.15, 0.2) is 36.4 Å². The number of imidazole rings is 1. The van der Waals surface area contributed by atoms with E-state index in [4.69, 9.17) is 14.7 Å². The number of rotatable bonds is 4. The molecule has 8 heterocycles. The molecule has 5 aromatic rings. The van der Waals surface area contributed by atoms with Gasteiger partial charge < -0.3 is 19.1 Å². The van der Waals surface area contributed by atoms with E-state index >= 15 is 4.39 Å². The van der Waals surface area contributed by atoms with Gasteiger partial charge >= 0.3 is 0 Å². The molecular formula is C46H54FN11O4. The summed E-state index contributed by atoms with van der Waals surface area (Å²) in [5, 5.41) is 10.2. The quantitative estimate of drug-likeness (QED) is 0.215. The first-order valence-corrected chi connectivity index (χ1v) is 22.2. The number of nitrogens with zero attached hydrogens (tertiary/aromatic N) is 9. The van der Waals surface area contributed by atoms with Gasteiger partial charge in [0.1, 0.15) is 5.82 Å². The summed E-state index contributed by atoms with van der Waals surface area (Å²) in [4.78, 5) is 59.8. The number of carbonyl (C=O) groups excluding carboxylic acids is 3. The van der Waals surface area contributed by atoms with Crippen LogP contribution in [0.4, 0.5) is 21.7 Å². The van der Waals surface area contributed by atoms with Crippen LogP contribution >= 0.6 is 0 Å².